The number of anilines is 2. The third-order valence-electron chi connectivity index (χ3n) is 4.49. The number of guanidine groups is 1. The molecule has 1 aliphatic heterocycles. The molecule has 0 aliphatic carbocycles. The van der Waals surface area contributed by atoms with Crippen molar-refractivity contribution in [3.63, 3.8) is 0 Å². The molecule has 28 heavy (non-hydrogen) atoms. The van der Waals surface area contributed by atoms with Crippen molar-refractivity contribution < 1.29 is 14.2 Å². The molecule has 3 rings (SSSR count). The van der Waals surface area contributed by atoms with Crippen LogP contribution in [-0.4, -0.2) is 58.5 Å². The van der Waals surface area contributed by atoms with Crippen molar-refractivity contribution in [1.29, 1.82) is 0 Å². The number of morpholine rings is 1. The molecule has 1 aliphatic rings. The molecule has 1 saturated heterocycles. The van der Waals surface area contributed by atoms with E-state index in [2.05, 4.69) is 31.6 Å². The maximum Gasteiger partial charge on any atom is 0.195 e. The van der Waals surface area contributed by atoms with E-state index in [1.54, 1.807) is 21.3 Å². The molecule has 1 aromatic carbocycles. The minimum absolute atomic E-state index is 0.605. The summed E-state index contributed by atoms with van der Waals surface area (Å²) in [5.41, 5.74) is 1.96. The molecule has 1 aromatic heterocycles. The second kappa shape index (κ2) is 9.80. The van der Waals surface area contributed by atoms with Crippen molar-refractivity contribution in [2.24, 2.45) is 4.99 Å². The number of aromatic nitrogens is 1. The van der Waals surface area contributed by atoms with Crippen molar-refractivity contribution in [2.45, 2.75) is 6.54 Å². The number of benzene rings is 1. The first-order valence-corrected chi connectivity index (χ1v) is 9.21. The molecule has 2 heterocycles. The second-order valence-electron chi connectivity index (χ2n) is 6.21. The van der Waals surface area contributed by atoms with Crippen molar-refractivity contribution in [3.8, 4) is 11.5 Å². The Kier molecular flexibility index (Phi) is 6.91. The normalized spacial score (nSPS) is 14.5. The van der Waals surface area contributed by atoms with Crippen LogP contribution in [0.15, 0.2) is 41.5 Å². The van der Waals surface area contributed by atoms with Gasteiger partial charge in [-0.1, -0.05) is 6.07 Å². The lowest BCUT2D eigenvalue weighted by atomic mass is 10.2. The van der Waals surface area contributed by atoms with Crippen LogP contribution in [0, 0.1) is 0 Å². The van der Waals surface area contributed by atoms with Crippen LogP contribution >= 0.6 is 0 Å². The molecule has 0 unspecified atom stereocenters. The lowest BCUT2D eigenvalue weighted by Gasteiger charge is -2.29. The van der Waals surface area contributed by atoms with Gasteiger partial charge in [-0.25, -0.2) is 4.98 Å². The first-order valence-electron chi connectivity index (χ1n) is 9.21. The minimum Gasteiger partial charge on any atom is -0.493 e. The Morgan fingerprint density at radius 1 is 1.18 bits per heavy atom. The van der Waals surface area contributed by atoms with Crippen molar-refractivity contribution in [1.82, 2.24) is 10.3 Å². The molecule has 0 amide bonds. The molecule has 0 saturated carbocycles. The van der Waals surface area contributed by atoms with Gasteiger partial charge < -0.3 is 29.7 Å². The van der Waals surface area contributed by atoms with E-state index < -0.39 is 0 Å². The van der Waals surface area contributed by atoms with E-state index >= 15 is 0 Å². The van der Waals surface area contributed by atoms with Gasteiger partial charge in [0, 0.05) is 50.2 Å². The van der Waals surface area contributed by atoms with Crippen LogP contribution in [0.5, 0.6) is 11.5 Å². The number of aliphatic imine (C=N–C) groups is 1. The van der Waals surface area contributed by atoms with Crippen molar-refractivity contribution in [3.05, 3.63) is 42.1 Å². The number of methoxy groups -OCH3 is 2. The number of nitrogens with zero attached hydrogens (tertiary/aromatic N) is 3. The second-order valence-corrected chi connectivity index (χ2v) is 6.21. The highest BCUT2D eigenvalue weighted by atomic mass is 16.5. The monoisotopic (exact) mass is 385 g/mol. The molecule has 2 aromatic rings. The maximum absolute atomic E-state index is 5.45. The summed E-state index contributed by atoms with van der Waals surface area (Å²) in [5, 5.41) is 6.62. The fourth-order valence-electron chi connectivity index (χ4n) is 3.04. The quantitative estimate of drug-likeness (QED) is 0.582. The summed E-state index contributed by atoms with van der Waals surface area (Å²) in [6, 6.07) is 9.67. The molecule has 8 nitrogen and oxygen atoms in total. The van der Waals surface area contributed by atoms with Gasteiger partial charge in [0.05, 0.1) is 27.4 Å². The zero-order valence-electron chi connectivity index (χ0n) is 16.6. The number of hydrogen-bond acceptors (Lipinski definition) is 6. The van der Waals surface area contributed by atoms with Crippen LogP contribution in [0.4, 0.5) is 11.5 Å². The fraction of sp³-hybridized carbons (Fsp3) is 0.400. The Labute approximate surface area is 165 Å². The SMILES string of the molecule is CN=C(NCc1cccnc1N1CCOCC1)Nc1ccc(OC)c(OC)c1. The van der Waals surface area contributed by atoms with Gasteiger partial charge in [0.2, 0.25) is 0 Å². The van der Waals surface area contributed by atoms with E-state index in [0.29, 0.717) is 24.0 Å². The van der Waals surface area contributed by atoms with E-state index in [0.717, 1.165) is 43.4 Å². The first-order chi connectivity index (χ1) is 13.7. The predicted molar refractivity (Wildman–Crippen MR) is 111 cm³/mol. The Morgan fingerprint density at radius 2 is 1.96 bits per heavy atom. The first kappa shape index (κ1) is 19.8. The van der Waals surface area contributed by atoms with E-state index in [9.17, 15) is 0 Å². The Hall–Kier alpha value is -3.00. The number of hydrogen-bond donors (Lipinski definition) is 2. The summed E-state index contributed by atoms with van der Waals surface area (Å²) >= 11 is 0. The molecule has 8 heteroatoms. The Bertz CT molecular complexity index is 806. The Balaban J connectivity index is 1.66. The average Bonchev–Trinajstić information content (AvgIpc) is 2.77. The smallest absolute Gasteiger partial charge is 0.195 e. The van der Waals surface area contributed by atoms with Gasteiger partial charge in [-0.3, -0.25) is 4.99 Å². The topological polar surface area (TPSA) is 80.2 Å². The molecule has 150 valence electrons. The van der Waals surface area contributed by atoms with E-state index in [-0.39, 0.29) is 0 Å². The van der Waals surface area contributed by atoms with Crippen LogP contribution < -0.4 is 25.0 Å². The predicted octanol–water partition coefficient (Wildman–Crippen LogP) is 2.12. The summed E-state index contributed by atoms with van der Waals surface area (Å²) < 4.78 is 16.1. The van der Waals surface area contributed by atoms with E-state index in [1.165, 1.54) is 0 Å². The number of rotatable bonds is 6. The zero-order chi connectivity index (χ0) is 19.8. The molecule has 0 spiro atoms. The highest BCUT2D eigenvalue weighted by Gasteiger charge is 2.16. The van der Waals surface area contributed by atoms with Crippen LogP contribution in [0.3, 0.4) is 0 Å². The lowest BCUT2D eigenvalue weighted by Crippen LogP contribution is -2.38. The summed E-state index contributed by atoms with van der Waals surface area (Å²) in [7, 11) is 4.97. The molecule has 1 fully saturated rings. The lowest BCUT2D eigenvalue weighted by molar-refractivity contribution is 0.122. The highest BCUT2D eigenvalue weighted by Crippen LogP contribution is 2.29. The Morgan fingerprint density at radius 3 is 2.68 bits per heavy atom. The van der Waals surface area contributed by atoms with Crippen LogP contribution in [0.1, 0.15) is 5.56 Å². The minimum atomic E-state index is 0.605. The molecular weight excluding hydrogens is 358 g/mol. The van der Waals surface area contributed by atoms with Gasteiger partial charge in [0.25, 0.3) is 0 Å². The van der Waals surface area contributed by atoms with Crippen LogP contribution in [0.25, 0.3) is 0 Å². The largest absolute Gasteiger partial charge is 0.493 e. The number of pyridine rings is 1. The van der Waals surface area contributed by atoms with E-state index in [1.807, 2.05) is 30.5 Å². The zero-order valence-corrected chi connectivity index (χ0v) is 16.6. The average molecular weight is 385 g/mol. The summed E-state index contributed by atoms with van der Waals surface area (Å²) in [5.74, 6) is 2.98. The van der Waals surface area contributed by atoms with Gasteiger partial charge in [-0.05, 0) is 18.2 Å². The van der Waals surface area contributed by atoms with E-state index in [4.69, 9.17) is 14.2 Å². The maximum atomic E-state index is 5.45. The molecule has 0 radical (unpaired) electrons. The van der Waals surface area contributed by atoms with Crippen molar-refractivity contribution >= 4 is 17.5 Å². The van der Waals surface area contributed by atoms with Gasteiger partial charge in [-0.15, -0.1) is 0 Å². The fourth-order valence-corrected chi connectivity index (χ4v) is 3.04. The third-order valence-corrected chi connectivity index (χ3v) is 4.49. The number of ether oxygens (including phenoxy) is 3. The van der Waals surface area contributed by atoms with Gasteiger partial charge >= 0.3 is 0 Å². The molecule has 0 bridgehead atoms. The third kappa shape index (κ3) is 4.83. The number of nitrogens with one attached hydrogen (secondary N) is 2. The van der Waals surface area contributed by atoms with Gasteiger partial charge in [-0.2, -0.15) is 0 Å². The molecule has 2 N–H and O–H groups in total. The summed E-state index contributed by atoms with van der Waals surface area (Å²) in [6.07, 6.45) is 1.82. The van der Waals surface area contributed by atoms with Gasteiger partial charge in [0.1, 0.15) is 5.82 Å². The summed E-state index contributed by atoms with van der Waals surface area (Å²) in [6.45, 7) is 3.76. The van der Waals surface area contributed by atoms with Crippen LogP contribution in [0.2, 0.25) is 0 Å². The molecular formula is C20H27N5O3. The van der Waals surface area contributed by atoms with Crippen LogP contribution in [-0.2, 0) is 11.3 Å². The van der Waals surface area contributed by atoms with Crippen molar-refractivity contribution in [2.75, 3.05) is 57.8 Å². The summed E-state index contributed by atoms with van der Waals surface area (Å²) in [4.78, 5) is 11.1. The van der Waals surface area contributed by atoms with Gasteiger partial charge in [0.15, 0.2) is 17.5 Å². The highest BCUT2D eigenvalue weighted by molar-refractivity contribution is 5.93. The molecule has 0 atom stereocenters. The standard InChI is InChI=1S/C20H27N5O3/c1-21-20(24-16-6-7-17(26-2)18(13-16)27-3)23-14-15-5-4-8-22-19(15)25-9-11-28-12-10-25/h4-8,13H,9-12,14H2,1-3H3,(H2,21,23,24).